The first-order valence-electron chi connectivity index (χ1n) is 6.22. The Kier molecular flexibility index (Phi) is 4.14. The van der Waals surface area contributed by atoms with Gasteiger partial charge in [-0.15, -0.1) is 0 Å². The smallest absolute Gasteiger partial charge is 0.218 e. The normalized spacial score (nSPS) is 23.6. The van der Waals surface area contributed by atoms with Gasteiger partial charge in [-0.05, 0) is 32.1 Å². The van der Waals surface area contributed by atoms with Crippen LogP contribution in [0.25, 0.3) is 0 Å². The van der Waals surface area contributed by atoms with Gasteiger partial charge in [0.05, 0.1) is 6.61 Å². The van der Waals surface area contributed by atoms with Gasteiger partial charge < -0.3 is 15.8 Å². The molecule has 0 radical (unpaired) electrons. The molecule has 1 aliphatic rings. The number of aromatic nitrogens is 2. The molecule has 3 N–H and O–H groups in total. The van der Waals surface area contributed by atoms with Gasteiger partial charge in [0.1, 0.15) is 12.1 Å². The zero-order valence-corrected chi connectivity index (χ0v) is 10.2. The van der Waals surface area contributed by atoms with Crippen LogP contribution in [0.1, 0.15) is 26.2 Å². The Morgan fingerprint density at radius 2 is 2.35 bits per heavy atom. The minimum atomic E-state index is 0.381. The zero-order valence-electron chi connectivity index (χ0n) is 10.2. The predicted octanol–water partition coefficient (Wildman–Crippen LogP) is 1.41. The molecule has 2 rings (SSSR count). The summed E-state index contributed by atoms with van der Waals surface area (Å²) in [7, 11) is 0. The van der Waals surface area contributed by atoms with Crippen molar-refractivity contribution in [2.24, 2.45) is 11.7 Å². The van der Waals surface area contributed by atoms with Crippen LogP contribution in [-0.4, -0.2) is 29.2 Å². The monoisotopic (exact) mass is 236 g/mol. The Morgan fingerprint density at radius 3 is 3.06 bits per heavy atom. The average molecular weight is 236 g/mol. The van der Waals surface area contributed by atoms with Crippen molar-refractivity contribution in [3.63, 3.8) is 0 Å². The van der Waals surface area contributed by atoms with E-state index in [4.69, 9.17) is 10.5 Å². The molecule has 1 heterocycles. The molecule has 1 fully saturated rings. The van der Waals surface area contributed by atoms with Crippen LogP contribution in [0.5, 0.6) is 5.88 Å². The number of anilines is 1. The highest BCUT2D eigenvalue weighted by Gasteiger charge is 2.21. The Morgan fingerprint density at radius 1 is 1.47 bits per heavy atom. The van der Waals surface area contributed by atoms with Crippen molar-refractivity contribution in [2.75, 3.05) is 18.5 Å². The number of nitrogens with one attached hydrogen (secondary N) is 1. The molecule has 0 spiro atoms. The number of nitrogens with two attached hydrogens (primary N) is 1. The first-order valence-corrected chi connectivity index (χ1v) is 6.22. The maximum atomic E-state index is 5.88. The molecule has 2 unspecified atom stereocenters. The lowest BCUT2D eigenvalue weighted by Crippen LogP contribution is -2.18. The molecule has 1 aromatic heterocycles. The minimum absolute atomic E-state index is 0.381. The van der Waals surface area contributed by atoms with Crippen LogP contribution >= 0.6 is 0 Å². The third kappa shape index (κ3) is 3.56. The van der Waals surface area contributed by atoms with E-state index in [-0.39, 0.29) is 0 Å². The first kappa shape index (κ1) is 12.1. The summed E-state index contributed by atoms with van der Waals surface area (Å²) in [4.78, 5) is 8.20. The zero-order chi connectivity index (χ0) is 12.1. The number of rotatable bonds is 5. The Hall–Kier alpha value is -1.36. The summed E-state index contributed by atoms with van der Waals surface area (Å²) in [6, 6.07) is 2.21. The SMILES string of the molecule is CCOc1cc(NCC2CCC(N)C2)ncn1. The van der Waals surface area contributed by atoms with Crippen molar-refractivity contribution >= 4 is 5.82 Å². The van der Waals surface area contributed by atoms with Crippen LogP contribution in [0.4, 0.5) is 5.82 Å². The van der Waals surface area contributed by atoms with Gasteiger partial charge in [0.15, 0.2) is 0 Å². The van der Waals surface area contributed by atoms with Crippen molar-refractivity contribution in [2.45, 2.75) is 32.2 Å². The van der Waals surface area contributed by atoms with Crippen molar-refractivity contribution in [1.82, 2.24) is 9.97 Å². The summed E-state index contributed by atoms with van der Waals surface area (Å²) in [5.74, 6) is 2.10. The molecular weight excluding hydrogens is 216 g/mol. The molecular formula is C12H20N4O. The van der Waals surface area contributed by atoms with E-state index in [1.807, 2.05) is 13.0 Å². The molecule has 0 aromatic carbocycles. The second-order valence-electron chi connectivity index (χ2n) is 4.49. The van der Waals surface area contributed by atoms with Gasteiger partial charge in [-0.1, -0.05) is 0 Å². The van der Waals surface area contributed by atoms with E-state index in [9.17, 15) is 0 Å². The Bertz CT molecular complexity index is 358. The Balaban J connectivity index is 1.83. The van der Waals surface area contributed by atoms with Crippen LogP contribution in [0.15, 0.2) is 12.4 Å². The summed E-state index contributed by atoms with van der Waals surface area (Å²) in [5, 5.41) is 3.32. The number of hydrogen-bond donors (Lipinski definition) is 2. The van der Waals surface area contributed by atoms with Gasteiger partial charge in [-0.25, -0.2) is 9.97 Å². The molecule has 1 aromatic rings. The van der Waals surface area contributed by atoms with Crippen molar-refractivity contribution in [1.29, 1.82) is 0 Å². The van der Waals surface area contributed by atoms with Crippen molar-refractivity contribution in [3.8, 4) is 5.88 Å². The van der Waals surface area contributed by atoms with Crippen LogP contribution < -0.4 is 15.8 Å². The lowest BCUT2D eigenvalue weighted by Gasteiger charge is -2.11. The van der Waals surface area contributed by atoms with E-state index in [0.29, 0.717) is 24.4 Å². The predicted molar refractivity (Wildman–Crippen MR) is 67.0 cm³/mol. The van der Waals surface area contributed by atoms with E-state index in [0.717, 1.165) is 25.2 Å². The largest absolute Gasteiger partial charge is 0.478 e. The molecule has 94 valence electrons. The molecule has 5 heteroatoms. The maximum Gasteiger partial charge on any atom is 0.218 e. The molecule has 1 saturated carbocycles. The highest BCUT2D eigenvalue weighted by molar-refractivity contribution is 5.37. The first-order chi connectivity index (χ1) is 8.28. The molecule has 0 aliphatic heterocycles. The summed E-state index contributed by atoms with van der Waals surface area (Å²) >= 11 is 0. The summed E-state index contributed by atoms with van der Waals surface area (Å²) in [5.41, 5.74) is 5.88. The molecule has 2 atom stereocenters. The van der Waals surface area contributed by atoms with Crippen LogP contribution in [0, 0.1) is 5.92 Å². The highest BCUT2D eigenvalue weighted by atomic mass is 16.5. The van der Waals surface area contributed by atoms with Gasteiger partial charge in [0.2, 0.25) is 5.88 Å². The number of nitrogens with zero attached hydrogens (tertiary/aromatic N) is 2. The summed E-state index contributed by atoms with van der Waals surface area (Å²) in [6.07, 6.45) is 4.97. The molecule has 0 bridgehead atoms. The second kappa shape index (κ2) is 5.82. The van der Waals surface area contributed by atoms with Gasteiger partial charge in [-0.2, -0.15) is 0 Å². The lowest BCUT2D eigenvalue weighted by atomic mass is 10.1. The molecule has 1 aliphatic carbocycles. The highest BCUT2D eigenvalue weighted by Crippen LogP contribution is 2.24. The van der Waals surface area contributed by atoms with Crippen molar-refractivity contribution < 1.29 is 4.74 Å². The summed E-state index contributed by atoms with van der Waals surface area (Å²) in [6.45, 7) is 3.49. The fraction of sp³-hybridized carbons (Fsp3) is 0.667. The number of hydrogen-bond acceptors (Lipinski definition) is 5. The van der Waals surface area contributed by atoms with Crippen LogP contribution in [-0.2, 0) is 0 Å². The number of ether oxygens (including phenoxy) is 1. The quantitative estimate of drug-likeness (QED) is 0.808. The third-order valence-electron chi connectivity index (χ3n) is 3.09. The molecule has 0 amide bonds. The van der Waals surface area contributed by atoms with Gasteiger partial charge in [0.25, 0.3) is 0 Å². The van der Waals surface area contributed by atoms with Crippen LogP contribution in [0.2, 0.25) is 0 Å². The fourth-order valence-electron chi connectivity index (χ4n) is 2.21. The third-order valence-corrected chi connectivity index (χ3v) is 3.09. The summed E-state index contributed by atoms with van der Waals surface area (Å²) < 4.78 is 5.32. The van der Waals surface area contributed by atoms with E-state index < -0.39 is 0 Å². The minimum Gasteiger partial charge on any atom is -0.478 e. The van der Waals surface area contributed by atoms with E-state index >= 15 is 0 Å². The van der Waals surface area contributed by atoms with Gasteiger partial charge in [0, 0.05) is 18.7 Å². The standard InChI is InChI=1S/C12H20N4O/c1-2-17-12-6-11(15-8-16-12)14-7-9-3-4-10(13)5-9/h6,8-10H,2-5,7,13H2,1H3,(H,14,15,16). The Labute approximate surface area is 102 Å². The van der Waals surface area contributed by atoms with Gasteiger partial charge in [-0.3, -0.25) is 0 Å². The van der Waals surface area contributed by atoms with E-state index in [1.54, 1.807) is 0 Å². The average Bonchev–Trinajstić information content (AvgIpc) is 2.74. The fourth-order valence-corrected chi connectivity index (χ4v) is 2.21. The van der Waals surface area contributed by atoms with Crippen LogP contribution in [0.3, 0.4) is 0 Å². The molecule has 17 heavy (non-hydrogen) atoms. The molecule has 0 saturated heterocycles. The van der Waals surface area contributed by atoms with E-state index in [1.165, 1.54) is 12.7 Å². The maximum absolute atomic E-state index is 5.88. The molecule has 5 nitrogen and oxygen atoms in total. The topological polar surface area (TPSA) is 73.1 Å². The van der Waals surface area contributed by atoms with Crippen molar-refractivity contribution in [3.05, 3.63) is 12.4 Å². The van der Waals surface area contributed by atoms with Gasteiger partial charge >= 0.3 is 0 Å². The lowest BCUT2D eigenvalue weighted by molar-refractivity contribution is 0.326. The van der Waals surface area contributed by atoms with E-state index in [2.05, 4.69) is 15.3 Å². The second-order valence-corrected chi connectivity index (χ2v) is 4.49.